The van der Waals surface area contributed by atoms with Crippen LogP contribution >= 0.6 is 0 Å². The second-order valence-electron chi connectivity index (χ2n) is 9.04. The summed E-state index contributed by atoms with van der Waals surface area (Å²) in [4.78, 5) is 0. The molecule has 0 saturated heterocycles. The summed E-state index contributed by atoms with van der Waals surface area (Å²) in [7, 11) is 1.50. The number of hydrogen-bond donors (Lipinski definition) is 4. The lowest BCUT2D eigenvalue weighted by Crippen LogP contribution is -2.40. The molecule has 1 aliphatic rings. The first-order chi connectivity index (χ1) is 15.5. The highest BCUT2D eigenvalue weighted by atomic mass is 16.3. The molecule has 3 rings (SSSR count). The number of para-hydroxylation sites is 1. The third-order valence-corrected chi connectivity index (χ3v) is 7.03. The topological polar surface area (TPSA) is 84.3 Å². The van der Waals surface area contributed by atoms with Gasteiger partial charge < -0.3 is 21.9 Å². The van der Waals surface area contributed by atoms with Gasteiger partial charge in [0.1, 0.15) is 5.75 Å². The van der Waals surface area contributed by atoms with Crippen molar-refractivity contribution < 1.29 is 5.11 Å². The summed E-state index contributed by atoms with van der Waals surface area (Å²) in [6.45, 7) is 7.21. The van der Waals surface area contributed by atoms with Crippen LogP contribution in [0.1, 0.15) is 69.4 Å². The Labute approximate surface area is 195 Å². The maximum absolute atomic E-state index is 10.2. The minimum Gasteiger partial charge on any atom is -0.507 e. The van der Waals surface area contributed by atoms with Crippen LogP contribution in [0.15, 0.2) is 61.2 Å². The minimum absolute atomic E-state index is 0.116. The SMILES string of the molecule is C=C(NCC1(c2ccccc2)CCC(CCCC(N)CC)CC1)c1ccccc1O.CN. The second kappa shape index (κ2) is 13.3. The van der Waals surface area contributed by atoms with E-state index in [1.165, 1.54) is 51.1 Å². The highest BCUT2D eigenvalue weighted by Gasteiger charge is 2.36. The van der Waals surface area contributed by atoms with Crippen molar-refractivity contribution in [2.45, 2.75) is 69.7 Å². The van der Waals surface area contributed by atoms with Crippen LogP contribution in [0.4, 0.5) is 0 Å². The summed E-state index contributed by atoms with van der Waals surface area (Å²) in [5, 5.41) is 13.7. The zero-order chi connectivity index (χ0) is 23.4. The summed E-state index contributed by atoms with van der Waals surface area (Å²) >= 11 is 0. The number of phenolic OH excluding ortho intramolecular Hbond substituents is 1. The van der Waals surface area contributed by atoms with E-state index in [4.69, 9.17) is 5.73 Å². The molecule has 0 aromatic heterocycles. The van der Waals surface area contributed by atoms with Crippen LogP contribution in [0.2, 0.25) is 0 Å². The van der Waals surface area contributed by atoms with Crippen LogP contribution in [0.25, 0.3) is 5.70 Å². The fourth-order valence-electron chi connectivity index (χ4n) is 4.85. The fourth-order valence-corrected chi connectivity index (χ4v) is 4.85. The van der Waals surface area contributed by atoms with Gasteiger partial charge in [-0.25, -0.2) is 0 Å². The first-order valence-electron chi connectivity index (χ1n) is 12.1. The molecular weight excluding hydrogens is 394 g/mol. The monoisotopic (exact) mass is 437 g/mol. The van der Waals surface area contributed by atoms with E-state index in [0.29, 0.717) is 6.04 Å². The maximum Gasteiger partial charge on any atom is 0.124 e. The van der Waals surface area contributed by atoms with E-state index in [1.54, 1.807) is 6.07 Å². The first kappa shape index (κ1) is 26.0. The van der Waals surface area contributed by atoms with E-state index in [2.05, 4.69) is 54.9 Å². The standard InChI is InChI=1S/C27H38N2O.CH5N/c1-3-24(28)13-9-10-22-16-18-27(19-17-22,23-11-5-4-6-12-23)20-29-21(2)25-14-7-8-15-26(25)30;1-2/h4-8,11-12,14-15,22,24,29-30H,2-3,9-10,13,16-20,28H2,1H3;2H2,1H3. The number of rotatable bonds is 10. The summed E-state index contributed by atoms with van der Waals surface area (Å²) in [6, 6.07) is 18.7. The molecule has 6 N–H and O–H groups in total. The summed E-state index contributed by atoms with van der Waals surface area (Å²) in [5.41, 5.74) is 13.7. The molecule has 1 fully saturated rings. The highest BCUT2D eigenvalue weighted by molar-refractivity contribution is 5.67. The third kappa shape index (κ3) is 7.11. The quantitative estimate of drug-likeness (QED) is 0.392. The van der Waals surface area contributed by atoms with E-state index in [-0.39, 0.29) is 11.2 Å². The first-order valence-corrected chi connectivity index (χ1v) is 12.1. The predicted octanol–water partition coefficient (Wildman–Crippen LogP) is 5.56. The van der Waals surface area contributed by atoms with Gasteiger partial charge in [-0.2, -0.15) is 0 Å². The Morgan fingerprint density at radius 1 is 1.09 bits per heavy atom. The molecule has 1 aliphatic carbocycles. The third-order valence-electron chi connectivity index (χ3n) is 7.03. The molecule has 4 heteroatoms. The van der Waals surface area contributed by atoms with Crippen LogP contribution in [-0.2, 0) is 5.41 Å². The molecule has 4 nitrogen and oxygen atoms in total. The largest absolute Gasteiger partial charge is 0.507 e. The molecule has 0 radical (unpaired) electrons. The van der Waals surface area contributed by atoms with Gasteiger partial charge in [-0.15, -0.1) is 0 Å². The number of phenols is 1. The smallest absolute Gasteiger partial charge is 0.124 e. The van der Waals surface area contributed by atoms with Gasteiger partial charge >= 0.3 is 0 Å². The van der Waals surface area contributed by atoms with Crippen molar-refractivity contribution in [1.82, 2.24) is 5.32 Å². The minimum atomic E-state index is 0.116. The number of nitrogens with one attached hydrogen (secondary N) is 1. The average Bonchev–Trinajstić information content (AvgIpc) is 2.85. The van der Waals surface area contributed by atoms with E-state index in [1.807, 2.05) is 18.2 Å². The van der Waals surface area contributed by atoms with Crippen molar-refractivity contribution in [2.75, 3.05) is 13.6 Å². The van der Waals surface area contributed by atoms with Crippen LogP contribution < -0.4 is 16.8 Å². The molecule has 176 valence electrons. The van der Waals surface area contributed by atoms with Crippen LogP contribution in [0.5, 0.6) is 5.75 Å². The van der Waals surface area contributed by atoms with Crippen molar-refractivity contribution in [3.63, 3.8) is 0 Å². The Hall–Kier alpha value is -2.30. The lowest BCUT2D eigenvalue weighted by molar-refractivity contribution is 0.217. The molecule has 1 saturated carbocycles. The molecule has 1 unspecified atom stereocenters. The van der Waals surface area contributed by atoms with Crippen molar-refractivity contribution >= 4 is 5.70 Å². The summed E-state index contributed by atoms with van der Waals surface area (Å²) in [6.07, 6.45) is 9.68. The zero-order valence-electron chi connectivity index (χ0n) is 20.0. The van der Waals surface area contributed by atoms with Gasteiger partial charge in [0.25, 0.3) is 0 Å². The van der Waals surface area contributed by atoms with E-state index in [0.717, 1.165) is 36.6 Å². The number of nitrogens with two attached hydrogens (primary N) is 2. The van der Waals surface area contributed by atoms with Gasteiger partial charge in [0.05, 0.1) is 0 Å². The molecule has 1 atom stereocenters. The zero-order valence-corrected chi connectivity index (χ0v) is 20.0. The Morgan fingerprint density at radius 2 is 1.72 bits per heavy atom. The molecule has 2 aromatic carbocycles. The molecule has 0 aliphatic heterocycles. The van der Waals surface area contributed by atoms with Crippen LogP contribution in [-0.4, -0.2) is 24.7 Å². The lowest BCUT2D eigenvalue weighted by Gasteiger charge is -2.41. The Balaban J connectivity index is 0.00000176. The summed E-state index contributed by atoms with van der Waals surface area (Å²) in [5.74, 6) is 1.09. The van der Waals surface area contributed by atoms with E-state index < -0.39 is 0 Å². The van der Waals surface area contributed by atoms with Crippen molar-refractivity contribution in [3.05, 3.63) is 72.3 Å². The van der Waals surface area contributed by atoms with Gasteiger partial charge in [0.15, 0.2) is 0 Å². The number of benzene rings is 2. The molecule has 0 amide bonds. The maximum atomic E-state index is 10.2. The van der Waals surface area contributed by atoms with Crippen LogP contribution in [0.3, 0.4) is 0 Å². The molecule has 0 spiro atoms. The highest BCUT2D eigenvalue weighted by Crippen LogP contribution is 2.43. The number of aromatic hydroxyl groups is 1. The van der Waals surface area contributed by atoms with E-state index in [9.17, 15) is 5.11 Å². The molecule has 2 aromatic rings. The van der Waals surface area contributed by atoms with Gasteiger partial charge in [0.2, 0.25) is 0 Å². The number of hydrogen-bond acceptors (Lipinski definition) is 4. The lowest BCUT2D eigenvalue weighted by atomic mass is 9.65. The normalized spacial score (nSPS) is 21.2. The van der Waals surface area contributed by atoms with Crippen molar-refractivity contribution in [3.8, 4) is 5.75 Å². The van der Waals surface area contributed by atoms with Gasteiger partial charge in [0, 0.05) is 29.3 Å². The van der Waals surface area contributed by atoms with Gasteiger partial charge in [-0.3, -0.25) is 0 Å². The molecule has 32 heavy (non-hydrogen) atoms. The molecular formula is C28H43N3O. The Bertz CT molecular complexity index is 797. The summed E-state index contributed by atoms with van der Waals surface area (Å²) < 4.78 is 0. The predicted molar refractivity (Wildman–Crippen MR) is 137 cm³/mol. The Kier molecular flexibility index (Phi) is 10.8. The fraction of sp³-hybridized carbons (Fsp3) is 0.500. The second-order valence-corrected chi connectivity index (χ2v) is 9.04. The molecule has 0 heterocycles. The van der Waals surface area contributed by atoms with Gasteiger partial charge in [-0.1, -0.05) is 68.8 Å². The van der Waals surface area contributed by atoms with E-state index >= 15 is 0 Å². The van der Waals surface area contributed by atoms with Crippen molar-refractivity contribution in [1.29, 1.82) is 0 Å². The van der Waals surface area contributed by atoms with Crippen molar-refractivity contribution in [2.24, 2.45) is 17.4 Å². The van der Waals surface area contributed by atoms with Gasteiger partial charge in [-0.05, 0) is 69.2 Å². The molecule has 0 bridgehead atoms. The Morgan fingerprint density at radius 3 is 2.34 bits per heavy atom. The van der Waals surface area contributed by atoms with Crippen LogP contribution in [0, 0.1) is 5.92 Å². The average molecular weight is 438 g/mol.